The third-order valence-electron chi connectivity index (χ3n) is 3.17. The van der Waals surface area contributed by atoms with Gasteiger partial charge in [0.25, 0.3) is 10.2 Å². The number of rotatable bonds is 4. The number of piperidine rings is 1. The molecule has 0 amide bonds. The second-order valence-electron chi connectivity index (χ2n) is 5.88. The van der Waals surface area contributed by atoms with Gasteiger partial charge in [-0.15, -0.1) is 0 Å². The molecular formula is C10H23N3O4S2. The third-order valence-corrected chi connectivity index (χ3v) is 6.30. The van der Waals surface area contributed by atoms with Crippen molar-refractivity contribution < 1.29 is 16.8 Å². The molecule has 0 spiro atoms. The Balaban J connectivity index is 2.71. The van der Waals surface area contributed by atoms with Gasteiger partial charge < -0.3 is 0 Å². The quantitative estimate of drug-likeness (QED) is 0.737. The highest BCUT2D eigenvalue weighted by Crippen LogP contribution is 2.25. The van der Waals surface area contributed by atoms with Crippen LogP contribution in [0.15, 0.2) is 0 Å². The van der Waals surface area contributed by atoms with Gasteiger partial charge in [-0.1, -0.05) is 0 Å². The van der Waals surface area contributed by atoms with Gasteiger partial charge in [0, 0.05) is 19.6 Å². The fourth-order valence-electron chi connectivity index (χ4n) is 2.03. The van der Waals surface area contributed by atoms with E-state index in [4.69, 9.17) is 5.14 Å². The molecule has 1 rings (SSSR count). The minimum Gasteiger partial charge on any atom is -0.216 e. The van der Waals surface area contributed by atoms with Gasteiger partial charge in [-0.2, -0.15) is 8.42 Å². The molecule has 1 unspecified atom stereocenters. The van der Waals surface area contributed by atoms with Crippen molar-refractivity contribution in [3.05, 3.63) is 0 Å². The Morgan fingerprint density at radius 3 is 2.32 bits per heavy atom. The fourth-order valence-corrected chi connectivity index (χ4v) is 4.05. The summed E-state index contributed by atoms with van der Waals surface area (Å²) in [6, 6.07) is 0. The summed E-state index contributed by atoms with van der Waals surface area (Å²) in [5.41, 5.74) is 0. The minimum absolute atomic E-state index is 0.0378. The molecule has 0 aromatic carbocycles. The molecule has 1 aliphatic rings. The molecule has 1 heterocycles. The molecule has 0 bridgehead atoms. The molecule has 1 fully saturated rings. The van der Waals surface area contributed by atoms with E-state index in [0.717, 1.165) is 12.8 Å². The molecular weight excluding hydrogens is 290 g/mol. The van der Waals surface area contributed by atoms with E-state index in [2.05, 4.69) is 4.72 Å². The van der Waals surface area contributed by atoms with Crippen LogP contribution in [0.25, 0.3) is 0 Å². The second-order valence-corrected chi connectivity index (χ2v) is 9.95. The number of hydrogen-bond acceptors (Lipinski definition) is 4. The number of nitrogens with zero attached hydrogens (tertiary/aromatic N) is 1. The molecule has 1 atom stereocenters. The highest BCUT2D eigenvalue weighted by atomic mass is 32.2. The third kappa shape index (κ3) is 4.67. The standard InChI is InChI=1S/C10H23N3O4S2/c1-10(2,3)18(14,15)13-6-4-5-9(8-13)7-12-19(11,16)17/h9,12H,4-8H2,1-3H3,(H2,11,16,17). The lowest BCUT2D eigenvalue weighted by molar-refractivity contribution is 0.262. The SMILES string of the molecule is CC(C)(C)S(=O)(=O)N1CCCC(CNS(N)(=O)=O)C1. The lowest BCUT2D eigenvalue weighted by atomic mass is 10.0. The summed E-state index contributed by atoms with van der Waals surface area (Å²) in [4.78, 5) is 0. The summed E-state index contributed by atoms with van der Waals surface area (Å²) in [5.74, 6) is -0.0378. The van der Waals surface area contributed by atoms with E-state index in [1.807, 2.05) is 0 Å². The summed E-state index contributed by atoms with van der Waals surface area (Å²) < 4.78 is 49.2. The van der Waals surface area contributed by atoms with E-state index in [1.165, 1.54) is 4.31 Å². The predicted molar refractivity (Wildman–Crippen MR) is 74.1 cm³/mol. The molecule has 9 heteroatoms. The van der Waals surface area contributed by atoms with E-state index in [-0.39, 0.29) is 12.5 Å². The van der Waals surface area contributed by atoms with Crippen molar-refractivity contribution in [3.8, 4) is 0 Å². The highest BCUT2D eigenvalue weighted by Gasteiger charge is 2.37. The van der Waals surface area contributed by atoms with E-state index in [9.17, 15) is 16.8 Å². The Bertz CT molecular complexity index is 507. The zero-order valence-electron chi connectivity index (χ0n) is 11.6. The summed E-state index contributed by atoms with van der Waals surface area (Å²) in [6.45, 7) is 5.99. The monoisotopic (exact) mass is 313 g/mol. The van der Waals surface area contributed by atoms with E-state index < -0.39 is 25.0 Å². The van der Waals surface area contributed by atoms with Crippen LogP contribution < -0.4 is 9.86 Å². The first-order valence-electron chi connectivity index (χ1n) is 6.20. The maximum atomic E-state index is 12.3. The Morgan fingerprint density at radius 1 is 1.26 bits per heavy atom. The molecule has 19 heavy (non-hydrogen) atoms. The first-order chi connectivity index (χ1) is 8.43. The topological polar surface area (TPSA) is 110 Å². The van der Waals surface area contributed by atoms with Crippen molar-refractivity contribution in [1.29, 1.82) is 0 Å². The fraction of sp³-hybridized carbons (Fsp3) is 1.00. The molecule has 0 aromatic heterocycles. The van der Waals surface area contributed by atoms with Crippen LogP contribution in [0.4, 0.5) is 0 Å². The second kappa shape index (κ2) is 5.65. The first kappa shape index (κ1) is 16.8. The van der Waals surface area contributed by atoms with Crippen LogP contribution in [-0.2, 0) is 20.2 Å². The Morgan fingerprint density at radius 2 is 1.84 bits per heavy atom. The predicted octanol–water partition coefficient (Wildman–Crippen LogP) is -0.380. The van der Waals surface area contributed by atoms with Crippen molar-refractivity contribution in [2.45, 2.75) is 38.4 Å². The van der Waals surface area contributed by atoms with Crippen molar-refractivity contribution in [2.75, 3.05) is 19.6 Å². The molecule has 0 saturated carbocycles. The average Bonchev–Trinajstić information content (AvgIpc) is 2.24. The Hall–Kier alpha value is -0.220. The van der Waals surface area contributed by atoms with Gasteiger partial charge >= 0.3 is 0 Å². The number of nitrogens with two attached hydrogens (primary N) is 1. The summed E-state index contributed by atoms with van der Waals surface area (Å²) >= 11 is 0. The minimum atomic E-state index is -3.72. The van der Waals surface area contributed by atoms with Crippen LogP contribution in [0.2, 0.25) is 0 Å². The molecule has 1 aliphatic heterocycles. The Kier molecular flexibility index (Phi) is 5.00. The van der Waals surface area contributed by atoms with Gasteiger partial charge in [0.15, 0.2) is 0 Å². The molecule has 7 nitrogen and oxygen atoms in total. The molecule has 0 aliphatic carbocycles. The van der Waals surface area contributed by atoms with E-state index >= 15 is 0 Å². The van der Waals surface area contributed by atoms with E-state index in [1.54, 1.807) is 20.8 Å². The van der Waals surface area contributed by atoms with Gasteiger partial charge in [0.2, 0.25) is 10.0 Å². The summed E-state index contributed by atoms with van der Waals surface area (Å²) in [7, 11) is -7.08. The van der Waals surface area contributed by atoms with Gasteiger partial charge in [-0.3, -0.25) is 0 Å². The maximum absolute atomic E-state index is 12.3. The van der Waals surface area contributed by atoms with Crippen molar-refractivity contribution in [1.82, 2.24) is 9.03 Å². The van der Waals surface area contributed by atoms with Gasteiger partial charge in [-0.05, 0) is 39.5 Å². The molecule has 0 aromatic rings. The van der Waals surface area contributed by atoms with Gasteiger partial charge in [0.1, 0.15) is 0 Å². The van der Waals surface area contributed by atoms with Crippen LogP contribution in [0.3, 0.4) is 0 Å². The van der Waals surface area contributed by atoms with Gasteiger partial charge in [0.05, 0.1) is 4.75 Å². The number of nitrogens with one attached hydrogen (secondary N) is 1. The normalized spacial score (nSPS) is 23.5. The summed E-state index contributed by atoms with van der Waals surface area (Å²) in [6.07, 6.45) is 1.52. The van der Waals surface area contributed by atoms with Crippen LogP contribution in [-0.4, -0.2) is 45.5 Å². The van der Waals surface area contributed by atoms with Gasteiger partial charge in [-0.25, -0.2) is 22.6 Å². The Labute approximate surface area is 115 Å². The zero-order valence-corrected chi connectivity index (χ0v) is 13.2. The van der Waals surface area contributed by atoms with Crippen molar-refractivity contribution in [2.24, 2.45) is 11.1 Å². The molecule has 0 radical (unpaired) electrons. The first-order valence-corrected chi connectivity index (χ1v) is 9.19. The smallest absolute Gasteiger partial charge is 0.216 e. The molecule has 3 N–H and O–H groups in total. The van der Waals surface area contributed by atoms with E-state index in [0.29, 0.717) is 13.1 Å². The zero-order chi connectivity index (χ0) is 14.9. The number of sulfonamides is 1. The van der Waals surface area contributed by atoms with Crippen LogP contribution in [0, 0.1) is 5.92 Å². The van der Waals surface area contributed by atoms with Crippen LogP contribution in [0.5, 0.6) is 0 Å². The molecule has 1 saturated heterocycles. The van der Waals surface area contributed by atoms with Crippen LogP contribution >= 0.6 is 0 Å². The summed E-state index contributed by atoms with van der Waals surface area (Å²) in [5, 5.41) is 4.87. The number of hydrogen-bond donors (Lipinski definition) is 2. The largest absolute Gasteiger partial charge is 0.274 e. The lowest BCUT2D eigenvalue weighted by Gasteiger charge is -2.36. The van der Waals surface area contributed by atoms with Crippen molar-refractivity contribution >= 4 is 20.2 Å². The lowest BCUT2D eigenvalue weighted by Crippen LogP contribution is -2.49. The molecule has 114 valence electrons. The maximum Gasteiger partial charge on any atom is 0.274 e. The van der Waals surface area contributed by atoms with Crippen molar-refractivity contribution in [3.63, 3.8) is 0 Å². The average molecular weight is 313 g/mol. The van der Waals surface area contributed by atoms with Crippen LogP contribution in [0.1, 0.15) is 33.6 Å². The highest BCUT2D eigenvalue weighted by molar-refractivity contribution is 7.90.